The highest BCUT2D eigenvalue weighted by Gasteiger charge is 2.57. The van der Waals surface area contributed by atoms with Gasteiger partial charge in [0, 0.05) is 12.6 Å². The van der Waals surface area contributed by atoms with E-state index in [1.807, 2.05) is 5.32 Å². The summed E-state index contributed by atoms with van der Waals surface area (Å²) in [4.78, 5) is 30.7. The number of rotatable bonds is 5. The van der Waals surface area contributed by atoms with Gasteiger partial charge >= 0.3 is 12.6 Å². The van der Waals surface area contributed by atoms with Crippen LogP contribution in [-0.4, -0.2) is 56.1 Å². The van der Waals surface area contributed by atoms with Gasteiger partial charge < -0.3 is 14.6 Å². The lowest BCUT2D eigenvalue weighted by Crippen LogP contribution is -2.64. The highest BCUT2D eigenvalue weighted by molar-refractivity contribution is 5.99. The third-order valence-electron chi connectivity index (χ3n) is 6.47. The number of fused-ring (bicyclic) bond motifs is 1. The van der Waals surface area contributed by atoms with Gasteiger partial charge in [-0.25, -0.2) is 8.78 Å². The number of carbonyl (C=O) groups excluding carboxylic acids is 2. The monoisotopic (exact) mass is 523 g/mol. The van der Waals surface area contributed by atoms with E-state index in [0.29, 0.717) is 13.8 Å². The van der Waals surface area contributed by atoms with Crippen LogP contribution in [0.3, 0.4) is 0 Å². The smallest absolute Gasteiger partial charge is 0.402 e. The molecule has 0 spiro atoms. The molecule has 36 heavy (non-hydrogen) atoms. The molecule has 1 aliphatic heterocycles. The second-order valence-electron chi connectivity index (χ2n) is 9.19. The van der Waals surface area contributed by atoms with Gasteiger partial charge in [0.1, 0.15) is 11.5 Å². The highest BCUT2D eigenvalue weighted by atomic mass is 19.4. The van der Waals surface area contributed by atoms with Gasteiger partial charge in [0.15, 0.2) is 0 Å². The maximum atomic E-state index is 14.9. The van der Waals surface area contributed by atoms with Crippen LogP contribution in [0.25, 0.3) is 11.5 Å². The standard InChI is InChI=1S/C21H20F7N5O3/c1-19(2,21(26,27)28)18(35)30-13-12(4-3-5-20(13,24)25)33-8-11-10(17(33)34)6-9(7-29-11)15-31-32-16(36-15)14(22)23/h6-7,12-14H,3-5,8H2,1-2H3,(H,30,35)/t12-,13+/m1/s1. The van der Waals surface area contributed by atoms with Gasteiger partial charge in [-0.05, 0) is 32.8 Å². The van der Waals surface area contributed by atoms with Crippen molar-refractivity contribution in [2.45, 2.75) is 70.3 Å². The van der Waals surface area contributed by atoms with Crippen molar-refractivity contribution in [1.29, 1.82) is 0 Å². The number of nitrogens with one attached hydrogen (secondary N) is 1. The fourth-order valence-electron chi connectivity index (χ4n) is 4.15. The van der Waals surface area contributed by atoms with Gasteiger partial charge in [-0.2, -0.15) is 22.0 Å². The summed E-state index contributed by atoms with van der Waals surface area (Å²) in [5.41, 5.74) is -2.78. The Morgan fingerprint density at radius 3 is 2.56 bits per heavy atom. The van der Waals surface area contributed by atoms with Crippen LogP contribution in [0.4, 0.5) is 30.7 Å². The average Bonchev–Trinajstić information content (AvgIpc) is 3.39. The van der Waals surface area contributed by atoms with E-state index in [1.54, 1.807) is 0 Å². The molecule has 1 saturated carbocycles. The number of halogens is 7. The van der Waals surface area contributed by atoms with Crippen LogP contribution < -0.4 is 5.32 Å². The lowest BCUT2D eigenvalue weighted by molar-refractivity contribution is -0.213. The van der Waals surface area contributed by atoms with Crippen LogP contribution in [0.5, 0.6) is 0 Å². The molecular weight excluding hydrogens is 503 g/mol. The fraction of sp³-hybridized carbons (Fsp3) is 0.571. The molecule has 0 saturated heterocycles. The number of carbonyl (C=O) groups is 2. The van der Waals surface area contributed by atoms with E-state index in [-0.39, 0.29) is 42.1 Å². The van der Waals surface area contributed by atoms with E-state index in [2.05, 4.69) is 15.2 Å². The van der Waals surface area contributed by atoms with Crippen LogP contribution in [0, 0.1) is 5.41 Å². The van der Waals surface area contributed by atoms with Gasteiger partial charge in [0.25, 0.3) is 17.7 Å². The highest BCUT2D eigenvalue weighted by Crippen LogP contribution is 2.42. The first-order valence-electron chi connectivity index (χ1n) is 10.8. The molecule has 0 unspecified atom stereocenters. The number of hydrogen-bond acceptors (Lipinski definition) is 6. The normalized spacial score (nSPS) is 22.2. The summed E-state index contributed by atoms with van der Waals surface area (Å²) in [7, 11) is 0. The number of hydrogen-bond donors (Lipinski definition) is 1. The van der Waals surface area contributed by atoms with Crippen LogP contribution in [0.2, 0.25) is 0 Å². The molecule has 2 amide bonds. The molecule has 2 aliphatic rings. The Morgan fingerprint density at radius 1 is 1.25 bits per heavy atom. The number of nitrogens with zero attached hydrogens (tertiary/aromatic N) is 4. The van der Waals surface area contributed by atoms with E-state index in [1.165, 1.54) is 12.3 Å². The molecular formula is C21H20F7N5O3. The lowest BCUT2D eigenvalue weighted by atomic mass is 9.84. The van der Waals surface area contributed by atoms with Gasteiger partial charge in [-0.1, -0.05) is 0 Å². The van der Waals surface area contributed by atoms with Crippen LogP contribution in [0.1, 0.15) is 61.5 Å². The Hall–Kier alpha value is -3.26. The molecule has 1 N–H and O–H groups in total. The Labute approximate surface area is 199 Å². The summed E-state index contributed by atoms with van der Waals surface area (Å²) in [6.45, 7) is 0.922. The van der Waals surface area contributed by atoms with E-state index in [0.717, 1.165) is 4.90 Å². The summed E-state index contributed by atoms with van der Waals surface area (Å²) in [6, 6.07) is -2.15. The molecule has 2 aromatic rings. The summed E-state index contributed by atoms with van der Waals surface area (Å²) >= 11 is 0. The van der Waals surface area contributed by atoms with E-state index < -0.39 is 60.1 Å². The molecule has 196 valence electrons. The molecule has 2 atom stereocenters. The maximum absolute atomic E-state index is 14.9. The number of amides is 2. The molecule has 0 bridgehead atoms. The Kier molecular flexibility index (Phi) is 6.23. The zero-order valence-electron chi connectivity index (χ0n) is 18.9. The summed E-state index contributed by atoms with van der Waals surface area (Å²) in [6.07, 6.45) is -7.55. The predicted octanol–water partition coefficient (Wildman–Crippen LogP) is 4.29. The van der Waals surface area contributed by atoms with E-state index in [4.69, 9.17) is 4.42 Å². The van der Waals surface area contributed by atoms with E-state index >= 15 is 0 Å². The Morgan fingerprint density at radius 2 is 1.94 bits per heavy atom. The third kappa shape index (κ3) is 4.39. The van der Waals surface area contributed by atoms with Crippen LogP contribution >= 0.6 is 0 Å². The SMILES string of the molecule is CC(C)(C(=O)N[C@H]1[C@H](N2Cc3ncc(-c4nnc(C(F)F)o4)cc3C2=O)CCCC1(F)F)C(F)(F)F. The van der Waals surface area contributed by atoms with Crippen LogP contribution in [-0.2, 0) is 11.3 Å². The molecule has 4 rings (SSSR count). The number of aromatic nitrogens is 3. The lowest BCUT2D eigenvalue weighted by Gasteiger charge is -2.43. The first-order chi connectivity index (χ1) is 16.6. The van der Waals surface area contributed by atoms with Crippen molar-refractivity contribution in [3.8, 4) is 11.5 Å². The molecule has 1 aliphatic carbocycles. The summed E-state index contributed by atoms with van der Waals surface area (Å²) in [5, 5.41) is 8.52. The van der Waals surface area contributed by atoms with E-state index in [9.17, 15) is 40.3 Å². The van der Waals surface area contributed by atoms with Crippen molar-refractivity contribution < 1.29 is 44.7 Å². The second-order valence-corrected chi connectivity index (χ2v) is 9.19. The fourth-order valence-corrected chi connectivity index (χ4v) is 4.15. The first-order valence-corrected chi connectivity index (χ1v) is 10.8. The third-order valence-corrected chi connectivity index (χ3v) is 6.47. The van der Waals surface area contributed by atoms with Crippen molar-refractivity contribution in [3.05, 3.63) is 29.4 Å². The summed E-state index contributed by atoms with van der Waals surface area (Å²) < 4.78 is 100. The quantitative estimate of drug-likeness (QED) is 0.587. The molecule has 1 fully saturated rings. The van der Waals surface area contributed by atoms with Crippen molar-refractivity contribution in [2.24, 2.45) is 5.41 Å². The minimum Gasteiger partial charge on any atom is -0.415 e. The summed E-state index contributed by atoms with van der Waals surface area (Å²) in [5.74, 6) is -7.25. The predicted molar refractivity (Wildman–Crippen MR) is 107 cm³/mol. The molecule has 0 radical (unpaired) electrons. The van der Waals surface area contributed by atoms with Gasteiger partial charge in [-0.15, -0.1) is 10.2 Å². The van der Waals surface area contributed by atoms with Crippen molar-refractivity contribution >= 4 is 11.8 Å². The van der Waals surface area contributed by atoms with Gasteiger partial charge in [0.05, 0.1) is 29.4 Å². The van der Waals surface area contributed by atoms with Crippen molar-refractivity contribution in [3.63, 3.8) is 0 Å². The Balaban J connectivity index is 1.61. The molecule has 8 nitrogen and oxygen atoms in total. The van der Waals surface area contributed by atoms with Crippen LogP contribution in [0.15, 0.2) is 16.7 Å². The molecule has 0 aromatic carbocycles. The largest absolute Gasteiger partial charge is 0.415 e. The van der Waals surface area contributed by atoms with Crippen molar-refractivity contribution in [1.82, 2.24) is 25.4 Å². The zero-order valence-corrected chi connectivity index (χ0v) is 18.9. The van der Waals surface area contributed by atoms with Gasteiger partial charge in [-0.3, -0.25) is 14.6 Å². The topological polar surface area (TPSA) is 101 Å². The molecule has 3 heterocycles. The first kappa shape index (κ1) is 25.8. The van der Waals surface area contributed by atoms with Crippen molar-refractivity contribution in [2.75, 3.05) is 0 Å². The number of pyridine rings is 1. The Bertz CT molecular complexity index is 1180. The maximum Gasteiger partial charge on any atom is 0.402 e. The molecule has 15 heteroatoms. The van der Waals surface area contributed by atoms with Gasteiger partial charge in [0.2, 0.25) is 11.8 Å². The second kappa shape index (κ2) is 8.69. The molecule has 2 aromatic heterocycles. The average molecular weight is 523 g/mol. The zero-order chi connectivity index (χ0) is 26.6. The number of alkyl halides is 7. The minimum atomic E-state index is -4.99. The minimum absolute atomic E-state index is 0.000969.